The van der Waals surface area contributed by atoms with Crippen molar-refractivity contribution in [1.82, 2.24) is 9.78 Å². The molecule has 0 amide bonds. The second-order valence-electron chi connectivity index (χ2n) is 3.38. The van der Waals surface area contributed by atoms with Gasteiger partial charge in [0.05, 0.1) is 6.07 Å². The maximum atomic E-state index is 10.5. The summed E-state index contributed by atoms with van der Waals surface area (Å²) in [5.74, 6) is 0.546. The lowest BCUT2D eigenvalue weighted by Gasteiger charge is -1.92. The van der Waals surface area contributed by atoms with Crippen molar-refractivity contribution in [3.8, 4) is 11.5 Å². The molecule has 0 saturated heterocycles. The molecule has 2 aromatic rings. The first kappa shape index (κ1) is 10.2. The van der Waals surface area contributed by atoms with E-state index in [9.17, 15) is 10.1 Å². The summed E-state index contributed by atoms with van der Waals surface area (Å²) in [7, 11) is 1.70. The molecule has 0 aliphatic heterocycles. The molecule has 0 bridgehead atoms. The molecule has 0 aliphatic rings. The van der Waals surface area contributed by atoms with Crippen LogP contribution in [0.5, 0.6) is 0 Å². The Hall–Kier alpha value is -2.31. The van der Waals surface area contributed by atoms with Gasteiger partial charge in [-0.1, -0.05) is 0 Å². The van der Waals surface area contributed by atoms with E-state index < -0.39 is 4.92 Å². The van der Waals surface area contributed by atoms with Crippen LogP contribution in [0.25, 0.3) is 11.5 Å². The van der Waals surface area contributed by atoms with Gasteiger partial charge in [0.2, 0.25) is 0 Å². The number of aryl methyl sites for hydroxylation is 1. The van der Waals surface area contributed by atoms with Crippen molar-refractivity contribution in [1.29, 1.82) is 0 Å². The lowest BCUT2D eigenvalue weighted by Crippen LogP contribution is -1.97. The monoisotopic (exact) mass is 222 g/mol. The molecular formula is C9H10N4O3. The van der Waals surface area contributed by atoms with Crippen molar-refractivity contribution in [2.24, 2.45) is 7.05 Å². The summed E-state index contributed by atoms with van der Waals surface area (Å²) in [5.41, 5.74) is 7.00. The van der Waals surface area contributed by atoms with E-state index in [-0.39, 0.29) is 5.88 Å². The number of nitrogens with two attached hydrogens (primary N) is 1. The first-order chi connectivity index (χ1) is 7.50. The Labute approximate surface area is 90.6 Å². The molecule has 0 saturated carbocycles. The van der Waals surface area contributed by atoms with Gasteiger partial charge in [0.1, 0.15) is 16.4 Å². The van der Waals surface area contributed by atoms with Crippen molar-refractivity contribution in [2.45, 2.75) is 6.92 Å². The zero-order valence-corrected chi connectivity index (χ0v) is 8.80. The zero-order chi connectivity index (χ0) is 11.9. The Bertz CT molecular complexity index is 555. The van der Waals surface area contributed by atoms with Crippen molar-refractivity contribution < 1.29 is 9.34 Å². The van der Waals surface area contributed by atoms with Gasteiger partial charge in [-0.05, 0) is 13.0 Å². The fourth-order valence-electron chi connectivity index (χ4n) is 1.43. The molecule has 0 aromatic carbocycles. The highest BCUT2D eigenvalue weighted by molar-refractivity contribution is 5.64. The molecule has 2 N–H and O–H groups in total. The number of hydrogen-bond acceptors (Lipinski definition) is 5. The molecule has 16 heavy (non-hydrogen) atoms. The minimum absolute atomic E-state index is 0.307. The number of hydrogen-bond donors (Lipinski definition) is 1. The molecule has 2 heterocycles. The summed E-state index contributed by atoms with van der Waals surface area (Å²) >= 11 is 0. The topological polar surface area (TPSA) is 100 Å². The summed E-state index contributed by atoms with van der Waals surface area (Å²) in [4.78, 5) is 9.87. The van der Waals surface area contributed by atoms with Gasteiger partial charge in [-0.3, -0.25) is 14.8 Å². The smallest absolute Gasteiger partial charge is 0.399 e. The number of rotatable bonds is 2. The fraction of sp³-hybridized carbons (Fsp3) is 0.222. The largest absolute Gasteiger partial charge is 0.433 e. The standard InChI is InChI=1S/C9H10N4O3/c1-5-8(11-12(2)9(5)10)6-3-4-7(16-6)13(14)15/h3-4H,10H2,1-2H3. The van der Waals surface area contributed by atoms with Gasteiger partial charge < -0.3 is 10.2 Å². The number of nitro groups is 1. The SMILES string of the molecule is Cc1c(-c2ccc([N+](=O)[O-])o2)nn(C)c1N. The van der Waals surface area contributed by atoms with Crippen LogP contribution in [0.1, 0.15) is 5.56 Å². The van der Waals surface area contributed by atoms with Gasteiger partial charge in [-0.15, -0.1) is 0 Å². The first-order valence-electron chi connectivity index (χ1n) is 4.54. The Morgan fingerprint density at radius 2 is 2.25 bits per heavy atom. The van der Waals surface area contributed by atoms with E-state index in [1.807, 2.05) is 0 Å². The van der Waals surface area contributed by atoms with Crippen LogP contribution in [0.4, 0.5) is 11.7 Å². The van der Waals surface area contributed by atoms with Gasteiger partial charge in [-0.25, -0.2) is 0 Å². The second kappa shape index (κ2) is 3.37. The minimum Gasteiger partial charge on any atom is -0.399 e. The third-order valence-corrected chi connectivity index (χ3v) is 2.34. The van der Waals surface area contributed by atoms with E-state index in [2.05, 4.69) is 5.10 Å². The molecule has 2 rings (SSSR count). The van der Waals surface area contributed by atoms with E-state index in [1.54, 1.807) is 14.0 Å². The van der Waals surface area contributed by atoms with Crippen LogP contribution in [0, 0.1) is 17.0 Å². The summed E-state index contributed by atoms with van der Waals surface area (Å²) in [6.07, 6.45) is 0. The molecule has 7 nitrogen and oxygen atoms in total. The number of anilines is 1. The normalized spacial score (nSPS) is 10.6. The predicted octanol–water partition coefficient (Wildman–Crippen LogP) is 1.48. The van der Waals surface area contributed by atoms with Crippen LogP contribution in [-0.4, -0.2) is 14.7 Å². The van der Waals surface area contributed by atoms with Crippen LogP contribution in [-0.2, 0) is 7.05 Å². The average Bonchev–Trinajstić information content (AvgIpc) is 2.79. The molecule has 0 radical (unpaired) electrons. The highest BCUT2D eigenvalue weighted by atomic mass is 16.6. The van der Waals surface area contributed by atoms with Gasteiger partial charge >= 0.3 is 5.88 Å². The van der Waals surface area contributed by atoms with E-state index in [4.69, 9.17) is 10.2 Å². The van der Waals surface area contributed by atoms with Gasteiger partial charge in [0, 0.05) is 12.6 Å². The number of furan rings is 1. The summed E-state index contributed by atoms with van der Waals surface area (Å²) in [6.45, 7) is 1.78. The van der Waals surface area contributed by atoms with Crippen molar-refractivity contribution in [2.75, 3.05) is 5.73 Å². The maximum absolute atomic E-state index is 10.5. The quantitative estimate of drug-likeness (QED) is 0.612. The first-order valence-corrected chi connectivity index (χ1v) is 4.54. The molecule has 84 valence electrons. The van der Waals surface area contributed by atoms with Crippen LogP contribution in [0.2, 0.25) is 0 Å². The number of aromatic nitrogens is 2. The Balaban J connectivity index is 2.50. The van der Waals surface area contributed by atoms with E-state index in [0.717, 1.165) is 5.56 Å². The third kappa shape index (κ3) is 1.42. The van der Waals surface area contributed by atoms with Gasteiger partial charge in [0.15, 0.2) is 5.76 Å². The third-order valence-electron chi connectivity index (χ3n) is 2.34. The lowest BCUT2D eigenvalue weighted by molar-refractivity contribution is -0.401. The van der Waals surface area contributed by atoms with Crippen LogP contribution in [0.3, 0.4) is 0 Å². The van der Waals surface area contributed by atoms with Gasteiger partial charge in [-0.2, -0.15) is 5.10 Å². The van der Waals surface area contributed by atoms with E-state index in [0.29, 0.717) is 17.3 Å². The summed E-state index contributed by atoms with van der Waals surface area (Å²) in [6, 6.07) is 2.80. The fourth-order valence-corrected chi connectivity index (χ4v) is 1.43. The van der Waals surface area contributed by atoms with Crippen molar-refractivity contribution in [3.63, 3.8) is 0 Å². The average molecular weight is 222 g/mol. The minimum atomic E-state index is -0.592. The molecule has 2 aromatic heterocycles. The molecule has 7 heteroatoms. The summed E-state index contributed by atoms with van der Waals surface area (Å²) < 4.78 is 6.55. The van der Waals surface area contributed by atoms with Crippen molar-refractivity contribution in [3.05, 3.63) is 27.8 Å². The highest BCUT2D eigenvalue weighted by Gasteiger charge is 2.18. The molecule has 0 atom stereocenters. The van der Waals surface area contributed by atoms with E-state index >= 15 is 0 Å². The lowest BCUT2D eigenvalue weighted by atomic mass is 10.2. The highest BCUT2D eigenvalue weighted by Crippen LogP contribution is 2.29. The number of nitrogens with zero attached hydrogens (tertiary/aromatic N) is 3. The molecule has 0 fully saturated rings. The number of nitrogen functional groups attached to an aromatic ring is 1. The molecule has 0 aliphatic carbocycles. The van der Waals surface area contributed by atoms with Crippen LogP contribution in [0.15, 0.2) is 16.5 Å². The van der Waals surface area contributed by atoms with Crippen LogP contribution >= 0.6 is 0 Å². The Morgan fingerprint density at radius 1 is 1.56 bits per heavy atom. The molecular weight excluding hydrogens is 212 g/mol. The van der Waals surface area contributed by atoms with Gasteiger partial charge in [0.25, 0.3) is 0 Å². The van der Waals surface area contributed by atoms with Crippen molar-refractivity contribution >= 4 is 11.7 Å². The Morgan fingerprint density at radius 3 is 2.69 bits per heavy atom. The second-order valence-corrected chi connectivity index (χ2v) is 3.38. The van der Waals surface area contributed by atoms with E-state index in [1.165, 1.54) is 16.8 Å². The molecule has 0 spiro atoms. The maximum Gasteiger partial charge on any atom is 0.433 e. The molecule has 0 unspecified atom stereocenters. The zero-order valence-electron chi connectivity index (χ0n) is 8.80. The van der Waals surface area contributed by atoms with Crippen LogP contribution < -0.4 is 5.73 Å². The Kier molecular flexibility index (Phi) is 2.15. The predicted molar refractivity (Wildman–Crippen MR) is 56.7 cm³/mol. The summed E-state index contributed by atoms with van der Waals surface area (Å²) in [5, 5.41) is 14.6.